The van der Waals surface area contributed by atoms with Crippen molar-refractivity contribution in [2.75, 3.05) is 11.9 Å². The number of aromatic nitrogens is 6. The Balaban J connectivity index is 1.40. The molecular weight excluding hydrogens is 488 g/mol. The first-order chi connectivity index (χ1) is 18.2. The van der Waals surface area contributed by atoms with E-state index in [1.54, 1.807) is 31.6 Å². The Morgan fingerprint density at radius 2 is 1.82 bits per heavy atom. The largest absolute Gasteiger partial charge is 0.392 e. The summed E-state index contributed by atoms with van der Waals surface area (Å²) in [5.41, 5.74) is 2.51. The highest BCUT2D eigenvalue weighted by Gasteiger charge is 2.65. The second-order valence-electron chi connectivity index (χ2n) is 10.6. The summed E-state index contributed by atoms with van der Waals surface area (Å²) in [5, 5.41) is 21.3. The molecule has 1 aromatic carbocycles. The predicted octanol–water partition coefficient (Wildman–Crippen LogP) is 4.66. The van der Waals surface area contributed by atoms with Crippen LogP contribution in [0.1, 0.15) is 56.5 Å². The summed E-state index contributed by atoms with van der Waals surface area (Å²) >= 11 is 0. The van der Waals surface area contributed by atoms with Gasteiger partial charge in [-0.15, -0.1) is 5.10 Å². The molecule has 0 unspecified atom stereocenters. The van der Waals surface area contributed by atoms with Crippen LogP contribution in [-0.4, -0.2) is 47.9 Å². The SMILES string of the molecule is C[C@H](O)CNc1ncc(-c2nccc([C@]34CC[C@@H](c5cc(-c6c(F)cccc6F)nnc53)C4(C)C)n2)cn1. The van der Waals surface area contributed by atoms with Crippen LogP contribution in [0.15, 0.2) is 48.9 Å². The summed E-state index contributed by atoms with van der Waals surface area (Å²) in [7, 11) is 0. The number of benzene rings is 1. The smallest absolute Gasteiger partial charge is 0.222 e. The molecule has 0 saturated heterocycles. The van der Waals surface area contributed by atoms with Crippen LogP contribution in [0.5, 0.6) is 0 Å². The number of aliphatic hydroxyl groups excluding tert-OH is 1. The molecule has 2 bridgehead atoms. The van der Waals surface area contributed by atoms with Gasteiger partial charge in [-0.2, -0.15) is 5.10 Å². The zero-order valence-corrected chi connectivity index (χ0v) is 21.3. The maximum Gasteiger partial charge on any atom is 0.222 e. The van der Waals surface area contributed by atoms with Crippen LogP contribution in [0, 0.1) is 17.0 Å². The van der Waals surface area contributed by atoms with E-state index in [-0.39, 0.29) is 22.6 Å². The number of hydrogen-bond acceptors (Lipinski definition) is 8. The molecule has 2 N–H and O–H groups in total. The lowest BCUT2D eigenvalue weighted by Crippen LogP contribution is -2.38. The second kappa shape index (κ2) is 8.83. The Bertz CT molecular complexity index is 1510. The van der Waals surface area contributed by atoms with Gasteiger partial charge in [0.25, 0.3) is 0 Å². The molecule has 8 nitrogen and oxygen atoms in total. The number of anilines is 1. The van der Waals surface area contributed by atoms with Crippen LogP contribution in [0.4, 0.5) is 14.7 Å². The monoisotopic (exact) mass is 515 g/mol. The van der Waals surface area contributed by atoms with E-state index in [0.29, 0.717) is 23.9 Å². The van der Waals surface area contributed by atoms with Crippen LogP contribution in [0.2, 0.25) is 0 Å². The second-order valence-corrected chi connectivity index (χ2v) is 10.6. The molecule has 0 radical (unpaired) electrons. The highest BCUT2D eigenvalue weighted by molar-refractivity contribution is 5.64. The number of nitrogens with zero attached hydrogens (tertiary/aromatic N) is 6. The molecule has 1 saturated carbocycles. The van der Waals surface area contributed by atoms with Crippen molar-refractivity contribution in [1.82, 2.24) is 30.1 Å². The topological polar surface area (TPSA) is 110 Å². The quantitative estimate of drug-likeness (QED) is 0.382. The molecule has 38 heavy (non-hydrogen) atoms. The van der Waals surface area contributed by atoms with Gasteiger partial charge in [-0.3, -0.25) is 0 Å². The highest BCUT2D eigenvalue weighted by atomic mass is 19.1. The van der Waals surface area contributed by atoms with Crippen molar-refractivity contribution in [3.05, 3.63) is 77.5 Å². The van der Waals surface area contributed by atoms with Gasteiger partial charge in [0.1, 0.15) is 11.6 Å². The minimum absolute atomic E-state index is 0.141. The number of nitrogens with one attached hydrogen (secondary N) is 1. The number of fused-ring (bicyclic) bond motifs is 5. The molecule has 6 rings (SSSR count). The van der Waals surface area contributed by atoms with Crippen LogP contribution in [0.3, 0.4) is 0 Å². The van der Waals surface area contributed by atoms with Gasteiger partial charge in [-0.25, -0.2) is 28.7 Å². The lowest BCUT2D eigenvalue weighted by Gasteiger charge is -2.37. The third kappa shape index (κ3) is 3.58. The molecule has 194 valence electrons. The molecule has 3 atom stereocenters. The fourth-order valence-corrected chi connectivity index (χ4v) is 6.27. The van der Waals surface area contributed by atoms with Gasteiger partial charge >= 0.3 is 0 Å². The minimum Gasteiger partial charge on any atom is -0.392 e. The van der Waals surface area contributed by atoms with E-state index >= 15 is 0 Å². The zero-order valence-electron chi connectivity index (χ0n) is 21.3. The van der Waals surface area contributed by atoms with E-state index in [9.17, 15) is 13.9 Å². The predicted molar refractivity (Wildman–Crippen MR) is 137 cm³/mol. The average Bonchev–Trinajstić information content (AvgIpc) is 3.28. The Hall–Kier alpha value is -3.92. The molecule has 2 aliphatic rings. The molecular formula is C28H27F2N7O. The van der Waals surface area contributed by atoms with E-state index in [0.717, 1.165) is 29.8 Å². The third-order valence-electron chi connectivity index (χ3n) is 8.16. The van der Waals surface area contributed by atoms with E-state index in [2.05, 4.69) is 44.3 Å². The highest BCUT2D eigenvalue weighted by Crippen LogP contribution is 2.69. The van der Waals surface area contributed by atoms with Crippen LogP contribution < -0.4 is 5.32 Å². The molecule has 10 heteroatoms. The van der Waals surface area contributed by atoms with Gasteiger partial charge in [0, 0.05) is 25.1 Å². The van der Waals surface area contributed by atoms with Crippen molar-refractivity contribution in [2.45, 2.75) is 51.0 Å². The van der Waals surface area contributed by atoms with Gasteiger partial charge in [0.2, 0.25) is 5.95 Å². The number of hydrogen-bond donors (Lipinski definition) is 2. The summed E-state index contributed by atoms with van der Waals surface area (Å²) in [4.78, 5) is 18.1. The first-order valence-corrected chi connectivity index (χ1v) is 12.6. The standard InChI is InChI=1S/C28H27F2N7O/c1-15(38)12-32-26-33-13-16(14-34-26)25-31-10-8-22(35-25)28-9-7-18(27(28,2)3)17-11-21(36-37-24(17)28)23-19(29)5-4-6-20(23)30/h4-6,8,10-11,13-15,18,38H,7,9,12H2,1-3H3,(H,32,33,34)/t15-,18-,28+/m0/s1. The molecule has 3 heterocycles. The Morgan fingerprint density at radius 3 is 2.53 bits per heavy atom. The Kier molecular flexibility index (Phi) is 5.68. The van der Waals surface area contributed by atoms with Gasteiger partial charge in [0.15, 0.2) is 5.82 Å². The maximum atomic E-state index is 14.5. The number of halogens is 2. The fraction of sp³-hybridized carbons (Fsp3) is 0.357. The van der Waals surface area contributed by atoms with Gasteiger partial charge < -0.3 is 10.4 Å². The molecule has 0 aliphatic heterocycles. The number of aliphatic hydroxyl groups is 1. The first-order valence-electron chi connectivity index (χ1n) is 12.6. The lowest BCUT2D eigenvalue weighted by atomic mass is 9.66. The van der Waals surface area contributed by atoms with Crippen molar-refractivity contribution >= 4 is 5.95 Å². The minimum atomic E-state index is -0.661. The van der Waals surface area contributed by atoms with E-state index < -0.39 is 23.2 Å². The van der Waals surface area contributed by atoms with Gasteiger partial charge in [-0.05, 0) is 60.9 Å². The molecule has 2 aliphatic carbocycles. The van der Waals surface area contributed by atoms with E-state index in [1.807, 2.05) is 6.07 Å². The molecule has 3 aromatic heterocycles. The van der Waals surface area contributed by atoms with Crippen LogP contribution in [-0.2, 0) is 5.41 Å². The average molecular weight is 516 g/mol. The first kappa shape index (κ1) is 24.4. The van der Waals surface area contributed by atoms with Crippen molar-refractivity contribution < 1.29 is 13.9 Å². The van der Waals surface area contributed by atoms with Gasteiger partial charge in [0.05, 0.1) is 39.7 Å². The van der Waals surface area contributed by atoms with Crippen molar-refractivity contribution in [2.24, 2.45) is 5.41 Å². The van der Waals surface area contributed by atoms with Crippen LogP contribution in [0.25, 0.3) is 22.6 Å². The lowest BCUT2D eigenvalue weighted by molar-refractivity contribution is 0.208. The van der Waals surface area contributed by atoms with E-state index in [1.165, 1.54) is 18.2 Å². The maximum absolute atomic E-state index is 14.5. The molecule has 0 amide bonds. The van der Waals surface area contributed by atoms with Gasteiger partial charge in [-0.1, -0.05) is 19.9 Å². The summed E-state index contributed by atoms with van der Waals surface area (Å²) in [5.74, 6) is -0.282. The molecule has 4 aromatic rings. The normalized spacial score (nSPS) is 21.8. The summed E-state index contributed by atoms with van der Waals surface area (Å²) < 4.78 is 29.1. The summed E-state index contributed by atoms with van der Waals surface area (Å²) in [6.45, 7) is 6.42. The third-order valence-corrected chi connectivity index (χ3v) is 8.16. The summed E-state index contributed by atoms with van der Waals surface area (Å²) in [6.07, 6.45) is 6.23. The van der Waals surface area contributed by atoms with E-state index in [4.69, 9.17) is 4.98 Å². The Morgan fingerprint density at radius 1 is 1.08 bits per heavy atom. The van der Waals surface area contributed by atoms with Crippen molar-refractivity contribution in [3.8, 4) is 22.6 Å². The molecule has 0 spiro atoms. The van der Waals surface area contributed by atoms with Crippen molar-refractivity contribution in [3.63, 3.8) is 0 Å². The van der Waals surface area contributed by atoms with Crippen LogP contribution >= 0.6 is 0 Å². The van der Waals surface area contributed by atoms with Crippen molar-refractivity contribution in [1.29, 1.82) is 0 Å². The fourth-order valence-electron chi connectivity index (χ4n) is 6.27. The zero-order chi connectivity index (χ0) is 26.7. The summed E-state index contributed by atoms with van der Waals surface area (Å²) in [6, 6.07) is 7.51. The molecule has 1 fully saturated rings. The Labute approximate surface area is 218 Å². The number of rotatable bonds is 6.